The fourth-order valence-electron chi connectivity index (χ4n) is 5.16. The molecule has 1 unspecified atom stereocenters. The standard InChI is InChI=1S/C31H35Cl2N3O5S/c1-3-27(31(38)34-25-9-7-8-10-25)35(20-22-13-15-23(32)16-14-22)30(37)21-36(28-19-24(33)17-18-29(28)41-2)42(39,40)26-11-5-4-6-12-26/h4-6,11-19,25,27H,3,7-10,20-21H2,1-2H3,(H,34,38). The number of carbonyl (C=O) groups is 2. The summed E-state index contributed by atoms with van der Waals surface area (Å²) in [5.74, 6) is -0.591. The summed E-state index contributed by atoms with van der Waals surface area (Å²) in [7, 11) is -2.84. The van der Waals surface area contributed by atoms with E-state index in [0.717, 1.165) is 35.6 Å². The van der Waals surface area contributed by atoms with Gasteiger partial charge < -0.3 is 15.0 Å². The normalized spacial score (nSPS) is 14.3. The molecule has 0 heterocycles. The Labute approximate surface area is 257 Å². The average molecular weight is 633 g/mol. The molecule has 3 aromatic carbocycles. The molecule has 0 radical (unpaired) electrons. The lowest BCUT2D eigenvalue weighted by atomic mass is 10.1. The molecule has 1 aliphatic rings. The van der Waals surface area contributed by atoms with E-state index in [9.17, 15) is 18.0 Å². The summed E-state index contributed by atoms with van der Waals surface area (Å²) < 4.78 is 34.5. The van der Waals surface area contributed by atoms with Crippen LogP contribution >= 0.6 is 23.2 Å². The maximum absolute atomic E-state index is 14.2. The smallest absolute Gasteiger partial charge is 0.264 e. The zero-order valence-corrected chi connectivity index (χ0v) is 26.0. The number of methoxy groups -OCH3 is 1. The highest BCUT2D eigenvalue weighted by atomic mass is 35.5. The first-order valence-electron chi connectivity index (χ1n) is 13.9. The van der Waals surface area contributed by atoms with Crippen molar-refractivity contribution >= 4 is 50.7 Å². The van der Waals surface area contributed by atoms with Gasteiger partial charge in [0.2, 0.25) is 11.8 Å². The van der Waals surface area contributed by atoms with Crippen molar-refractivity contribution in [2.75, 3.05) is 18.0 Å². The van der Waals surface area contributed by atoms with Gasteiger partial charge >= 0.3 is 0 Å². The molecule has 1 fully saturated rings. The Morgan fingerprint density at radius 1 is 0.976 bits per heavy atom. The number of hydrogen-bond donors (Lipinski definition) is 1. The molecule has 224 valence electrons. The van der Waals surface area contributed by atoms with Gasteiger partial charge in [-0.3, -0.25) is 13.9 Å². The summed E-state index contributed by atoms with van der Waals surface area (Å²) in [5.41, 5.74) is 0.856. The van der Waals surface area contributed by atoms with Gasteiger partial charge in [0.1, 0.15) is 18.3 Å². The van der Waals surface area contributed by atoms with Gasteiger partial charge in [-0.25, -0.2) is 8.42 Å². The van der Waals surface area contributed by atoms with Gasteiger partial charge in [-0.1, -0.05) is 73.3 Å². The van der Waals surface area contributed by atoms with Crippen molar-refractivity contribution in [1.29, 1.82) is 0 Å². The van der Waals surface area contributed by atoms with Crippen molar-refractivity contribution in [2.45, 2.75) is 62.6 Å². The second kappa shape index (κ2) is 14.3. The third-order valence-electron chi connectivity index (χ3n) is 7.37. The average Bonchev–Trinajstić information content (AvgIpc) is 3.50. The van der Waals surface area contributed by atoms with Crippen LogP contribution in [-0.4, -0.2) is 50.9 Å². The highest BCUT2D eigenvalue weighted by Crippen LogP contribution is 2.35. The molecule has 0 aromatic heterocycles. The highest BCUT2D eigenvalue weighted by molar-refractivity contribution is 7.92. The number of ether oxygens (including phenoxy) is 1. The first-order chi connectivity index (χ1) is 20.1. The number of nitrogens with one attached hydrogen (secondary N) is 1. The molecule has 1 N–H and O–H groups in total. The summed E-state index contributed by atoms with van der Waals surface area (Å²) in [6, 6.07) is 18.6. The van der Waals surface area contributed by atoms with Crippen LogP contribution < -0.4 is 14.4 Å². The first-order valence-corrected chi connectivity index (χ1v) is 16.1. The van der Waals surface area contributed by atoms with E-state index in [0.29, 0.717) is 11.4 Å². The van der Waals surface area contributed by atoms with Crippen molar-refractivity contribution in [3.63, 3.8) is 0 Å². The van der Waals surface area contributed by atoms with Crippen molar-refractivity contribution < 1.29 is 22.7 Å². The number of hydrogen-bond acceptors (Lipinski definition) is 5. The van der Waals surface area contributed by atoms with Gasteiger partial charge in [0, 0.05) is 22.6 Å². The Kier molecular flexibility index (Phi) is 10.8. The third-order valence-corrected chi connectivity index (χ3v) is 9.63. The summed E-state index contributed by atoms with van der Waals surface area (Å²) in [6.45, 7) is 1.33. The van der Waals surface area contributed by atoms with E-state index in [4.69, 9.17) is 27.9 Å². The van der Waals surface area contributed by atoms with E-state index in [2.05, 4.69) is 5.32 Å². The van der Waals surface area contributed by atoms with Crippen LogP contribution in [0.15, 0.2) is 77.7 Å². The number of rotatable bonds is 12. The summed E-state index contributed by atoms with van der Waals surface area (Å²) in [6.07, 6.45) is 4.21. The van der Waals surface area contributed by atoms with Gasteiger partial charge in [-0.15, -0.1) is 0 Å². The van der Waals surface area contributed by atoms with E-state index in [1.807, 2.05) is 6.92 Å². The summed E-state index contributed by atoms with van der Waals surface area (Å²) in [5, 5.41) is 3.91. The Balaban J connectivity index is 1.75. The molecule has 8 nitrogen and oxygen atoms in total. The Bertz CT molecular complexity index is 1480. The monoisotopic (exact) mass is 631 g/mol. The fourth-order valence-corrected chi connectivity index (χ4v) is 6.89. The van der Waals surface area contributed by atoms with Crippen LogP contribution in [0.1, 0.15) is 44.6 Å². The second-order valence-electron chi connectivity index (χ2n) is 10.2. The van der Waals surface area contributed by atoms with Crippen molar-refractivity contribution in [2.24, 2.45) is 0 Å². The maximum atomic E-state index is 14.2. The fraction of sp³-hybridized carbons (Fsp3) is 0.355. The van der Waals surface area contributed by atoms with Gasteiger partial charge in [-0.2, -0.15) is 0 Å². The van der Waals surface area contributed by atoms with Gasteiger partial charge in [0.25, 0.3) is 10.0 Å². The van der Waals surface area contributed by atoms with E-state index in [-0.39, 0.29) is 39.8 Å². The first kappa shape index (κ1) is 31.7. The number of amides is 2. The van der Waals surface area contributed by atoms with Crippen LogP contribution in [0.25, 0.3) is 0 Å². The van der Waals surface area contributed by atoms with Crippen molar-refractivity contribution in [3.05, 3.63) is 88.4 Å². The SMILES string of the molecule is CCC(C(=O)NC1CCCC1)N(Cc1ccc(Cl)cc1)C(=O)CN(c1cc(Cl)ccc1OC)S(=O)(=O)c1ccccc1. The number of anilines is 1. The molecule has 2 amide bonds. The maximum Gasteiger partial charge on any atom is 0.264 e. The molecule has 11 heteroatoms. The van der Waals surface area contributed by atoms with Gasteiger partial charge in [0.15, 0.2) is 0 Å². The van der Waals surface area contributed by atoms with E-state index in [1.54, 1.807) is 54.6 Å². The molecule has 1 atom stereocenters. The quantitative estimate of drug-likeness (QED) is 0.262. The van der Waals surface area contributed by atoms with Crippen LogP contribution in [-0.2, 0) is 26.2 Å². The number of sulfonamides is 1. The zero-order chi connectivity index (χ0) is 30.3. The lowest BCUT2D eigenvalue weighted by molar-refractivity contribution is -0.140. The van der Waals surface area contributed by atoms with Crippen LogP contribution in [0.2, 0.25) is 10.0 Å². The topological polar surface area (TPSA) is 96.0 Å². The number of nitrogens with zero attached hydrogens (tertiary/aromatic N) is 2. The Morgan fingerprint density at radius 3 is 2.24 bits per heavy atom. The van der Waals surface area contributed by atoms with Crippen LogP contribution in [0.3, 0.4) is 0 Å². The molecule has 0 spiro atoms. The van der Waals surface area contributed by atoms with Gasteiger partial charge in [0.05, 0.1) is 17.7 Å². The molecule has 42 heavy (non-hydrogen) atoms. The largest absolute Gasteiger partial charge is 0.495 e. The molecule has 1 aliphatic carbocycles. The molecule has 4 rings (SSSR count). The van der Waals surface area contributed by atoms with E-state index in [1.165, 1.54) is 30.2 Å². The molecule has 3 aromatic rings. The molecule has 0 bridgehead atoms. The minimum atomic E-state index is -4.25. The molecule has 1 saturated carbocycles. The molecule has 0 saturated heterocycles. The predicted molar refractivity (Wildman–Crippen MR) is 165 cm³/mol. The molecule has 0 aliphatic heterocycles. The predicted octanol–water partition coefficient (Wildman–Crippen LogP) is 6.06. The highest BCUT2D eigenvalue weighted by Gasteiger charge is 2.35. The molecular formula is C31H35Cl2N3O5S. The third kappa shape index (κ3) is 7.56. The van der Waals surface area contributed by atoms with Crippen molar-refractivity contribution in [1.82, 2.24) is 10.2 Å². The van der Waals surface area contributed by atoms with Gasteiger partial charge in [-0.05, 0) is 67.3 Å². The summed E-state index contributed by atoms with van der Waals surface area (Å²) >= 11 is 12.4. The Hall–Kier alpha value is -3.27. The summed E-state index contributed by atoms with van der Waals surface area (Å²) in [4.78, 5) is 29.2. The number of carbonyl (C=O) groups excluding carboxylic acids is 2. The van der Waals surface area contributed by atoms with Crippen molar-refractivity contribution in [3.8, 4) is 5.75 Å². The second-order valence-corrected chi connectivity index (χ2v) is 12.9. The van der Waals surface area contributed by atoms with Crippen LogP contribution in [0, 0.1) is 0 Å². The molecular weight excluding hydrogens is 597 g/mol. The van der Waals surface area contributed by atoms with E-state index < -0.39 is 28.5 Å². The lowest BCUT2D eigenvalue weighted by Crippen LogP contribution is -2.53. The number of halogens is 2. The minimum Gasteiger partial charge on any atom is -0.495 e. The Morgan fingerprint density at radius 2 is 1.62 bits per heavy atom. The number of benzene rings is 3. The van der Waals surface area contributed by atoms with E-state index >= 15 is 0 Å². The van der Waals surface area contributed by atoms with Crippen LogP contribution in [0.4, 0.5) is 5.69 Å². The lowest BCUT2D eigenvalue weighted by Gasteiger charge is -2.34. The minimum absolute atomic E-state index is 0.00454. The van der Waals surface area contributed by atoms with Crippen LogP contribution in [0.5, 0.6) is 5.75 Å². The zero-order valence-electron chi connectivity index (χ0n) is 23.6.